The first-order valence-electron chi connectivity index (χ1n) is 5.73. The molecule has 0 rings (SSSR count). The van der Waals surface area contributed by atoms with E-state index in [9.17, 15) is 18.0 Å². The summed E-state index contributed by atoms with van der Waals surface area (Å²) in [6.07, 6.45) is -4.72. The van der Waals surface area contributed by atoms with Gasteiger partial charge in [-0.2, -0.15) is 13.2 Å². The number of alkyl halides is 3. The Morgan fingerprint density at radius 3 is 2.11 bits per heavy atom. The smallest absolute Gasteiger partial charge is 0.403 e. The van der Waals surface area contributed by atoms with E-state index < -0.39 is 24.6 Å². The third-order valence-electron chi connectivity index (χ3n) is 2.64. The highest BCUT2D eigenvalue weighted by molar-refractivity contribution is 5.71. The molecule has 0 saturated heterocycles. The summed E-state index contributed by atoms with van der Waals surface area (Å²) >= 11 is 0. The molecule has 0 spiro atoms. The van der Waals surface area contributed by atoms with Crippen LogP contribution in [-0.4, -0.2) is 55.4 Å². The van der Waals surface area contributed by atoms with Crippen molar-refractivity contribution in [2.75, 3.05) is 27.2 Å². The zero-order chi connectivity index (χ0) is 14.5. The van der Waals surface area contributed by atoms with E-state index in [4.69, 9.17) is 5.11 Å². The van der Waals surface area contributed by atoms with Gasteiger partial charge in [-0.15, -0.1) is 0 Å². The summed E-state index contributed by atoms with van der Waals surface area (Å²) in [6.45, 7) is 3.71. The van der Waals surface area contributed by atoms with Crippen LogP contribution in [0.5, 0.6) is 0 Å². The zero-order valence-corrected chi connectivity index (χ0v) is 11.1. The van der Waals surface area contributed by atoms with Crippen LogP contribution in [0.2, 0.25) is 0 Å². The third-order valence-corrected chi connectivity index (χ3v) is 2.64. The van der Waals surface area contributed by atoms with Crippen molar-refractivity contribution >= 4 is 5.97 Å². The van der Waals surface area contributed by atoms with Gasteiger partial charge in [-0.25, -0.2) is 0 Å². The van der Waals surface area contributed by atoms with Crippen LogP contribution in [0.25, 0.3) is 0 Å². The van der Waals surface area contributed by atoms with Crippen LogP contribution in [0, 0.1) is 11.8 Å². The Morgan fingerprint density at radius 1 is 1.33 bits per heavy atom. The predicted octanol–water partition coefficient (Wildman–Crippen LogP) is 1.43. The van der Waals surface area contributed by atoms with Gasteiger partial charge in [-0.1, -0.05) is 13.8 Å². The van der Waals surface area contributed by atoms with E-state index in [1.165, 1.54) is 0 Å². The molecule has 0 radical (unpaired) electrons. The van der Waals surface area contributed by atoms with Crippen molar-refractivity contribution in [3.8, 4) is 0 Å². The molecule has 0 aliphatic rings. The lowest BCUT2D eigenvalue weighted by Gasteiger charge is -2.27. The maximum Gasteiger partial charge on any atom is 0.403 e. The highest BCUT2D eigenvalue weighted by atomic mass is 19.4. The number of hydrogen-bond acceptors (Lipinski definition) is 3. The Kier molecular flexibility index (Phi) is 6.62. The summed E-state index contributed by atoms with van der Waals surface area (Å²) in [5.41, 5.74) is 0. The van der Waals surface area contributed by atoms with Crippen LogP contribution in [0.1, 0.15) is 13.8 Å². The molecule has 0 aromatic rings. The number of nitrogens with one attached hydrogen (secondary N) is 1. The van der Waals surface area contributed by atoms with Gasteiger partial charge in [0.2, 0.25) is 0 Å². The summed E-state index contributed by atoms with van der Waals surface area (Å²) in [5.74, 6) is -4.08. The van der Waals surface area contributed by atoms with Crippen molar-refractivity contribution < 1.29 is 23.1 Å². The number of carbonyl (C=O) groups is 1. The highest BCUT2D eigenvalue weighted by Gasteiger charge is 2.45. The molecule has 0 aromatic heterocycles. The van der Waals surface area contributed by atoms with Gasteiger partial charge in [-0.3, -0.25) is 4.79 Å². The molecule has 0 aliphatic heterocycles. The fourth-order valence-corrected chi connectivity index (χ4v) is 1.52. The molecule has 4 nitrogen and oxygen atoms in total. The normalized spacial score (nSPS) is 16.1. The first-order valence-corrected chi connectivity index (χ1v) is 5.73. The largest absolute Gasteiger partial charge is 0.481 e. The lowest BCUT2D eigenvalue weighted by atomic mass is 10.0. The number of carboxylic acids is 1. The minimum Gasteiger partial charge on any atom is -0.481 e. The molecule has 2 atom stereocenters. The number of rotatable bonds is 7. The molecule has 18 heavy (non-hydrogen) atoms. The molecule has 0 amide bonds. The molecule has 2 N–H and O–H groups in total. The van der Waals surface area contributed by atoms with Crippen molar-refractivity contribution in [3.63, 3.8) is 0 Å². The van der Waals surface area contributed by atoms with Crippen LogP contribution < -0.4 is 5.32 Å². The Bertz CT molecular complexity index is 268. The fraction of sp³-hybridized carbons (Fsp3) is 0.909. The Labute approximate surface area is 105 Å². The summed E-state index contributed by atoms with van der Waals surface area (Å²) < 4.78 is 37.4. The maximum atomic E-state index is 12.5. The van der Waals surface area contributed by atoms with E-state index in [0.717, 1.165) is 0 Å². The summed E-state index contributed by atoms with van der Waals surface area (Å²) in [4.78, 5) is 12.4. The number of aliphatic carboxylic acids is 1. The molecule has 0 fully saturated rings. The first-order chi connectivity index (χ1) is 8.05. The minimum atomic E-state index is -4.72. The van der Waals surface area contributed by atoms with Crippen molar-refractivity contribution in [3.05, 3.63) is 0 Å². The Morgan fingerprint density at radius 2 is 1.83 bits per heavy atom. The van der Waals surface area contributed by atoms with E-state index in [-0.39, 0.29) is 12.0 Å². The first kappa shape index (κ1) is 17.2. The number of nitrogens with zero attached hydrogens (tertiary/aromatic N) is 1. The molecule has 0 heterocycles. The average molecular weight is 270 g/mol. The van der Waals surface area contributed by atoms with Gasteiger partial charge in [0, 0.05) is 19.1 Å². The standard InChI is InChI=1S/C11H21F3N2O2/c1-7(2)9(6-16(3)4)15-5-8(10(17)18)11(12,13)14/h7-9,15H,5-6H2,1-4H3,(H,17,18). The number of halogens is 3. The van der Waals surface area contributed by atoms with E-state index >= 15 is 0 Å². The van der Waals surface area contributed by atoms with Crippen LogP contribution >= 0.6 is 0 Å². The summed E-state index contributed by atoms with van der Waals surface area (Å²) in [6, 6.07) is -0.177. The number of carboxylic acid groups (broad SMARTS) is 1. The van der Waals surface area contributed by atoms with Gasteiger partial charge in [-0.05, 0) is 20.0 Å². The monoisotopic (exact) mass is 270 g/mol. The number of likely N-dealkylation sites (N-methyl/N-ethyl adjacent to an activating group) is 1. The van der Waals surface area contributed by atoms with E-state index in [1.807, 2.05) is 32.8 Å². The van der Waals surface area contributed by atoms with Crippen molar-refractivity contribution in [2.24, 2.45) is 11.8 Å². The lowest BCUT2D eigenvalue weighted by molar-refractivity contribution is -0.192. The molecule has 0 saturated carbocycles. The maximum absolute atomic E-state index is 12.5. The second-order valence-corrected chi connectivity index (χ2v) is 4.95. The van der Waals surface area contributed by atoms with Gasteiger partial charge in [0.05, 0.1) is 0 Å². The van der Waals surface area contributed by atoms with Crippen molar-refractivity contribution in [2.45, 2.75) is 26.1 Å². The topological polar surface area (TPSA) is 52.6 Å². The summed E-state index contributed by atoms with van der Waals surface area (Å²) in [7, 11) is 3.63. The van der Waals surface area contributed by atoms with Crippen LogP contribution in [0.15, 0.2) is 0 Å². The van der Waals surface area contributed by atoms with Gasteiger partial charge in [0.15, 0.2) is 5.92 Å². The second-order valence-electron chi connectivity index (χ2n) is 4.95. The van der Waals surface area contributed by atoms with Crippen LogP contribution in [0.3, 0.4) is 0 Å². The Balaban J connectivity index is 4.52. The van der Waals surface area contributed by atoms with Crippen LogP contribution in [0.4, 0.5) is 13.2 Å². The SMILES string of the molecule is CC(C)C(CN(C)C)NCC(C(=O)O)C(F)(F)F. The van der Waals surface area contributed by atoms with Crippen molar-refractivity contribution in [1.29, 1.82) is 0 Å². The molecule has 7 heteroatoms. The molecule has 108 valence electrons. The van der Waals surface area contributed by atoms with Crippen LogP contribution in [-0.2, 0) is 4.79 Å². The van der Waals surface area contributed by atoms with E-state index in [0.29, 0.717) is 6.54 Å². The molecule has 0 aromatic carbocycles. The lowest BCUT2D eigenvalue weighted by Crippen LogP contribution is -2.47. The summed E-state index contributed by atoms with van der Waals surface area (Å²) in [5, 5.41) is 11.3. The van der Waals surface area contributed by atoms with Gasteiger partial charge in [0.25, 0.3) is 0 Å². The second kappa shape index (κ2) is 6.94. The third kappa shape index (κ3) is 6.20. The molecular weight excluding hydrogens is 249 g/mol. The van der Waals surface area contributed by atoms with Gasteiger partial charge < -0.3 is 15.3 Å². The highest BCUT2D eigenvalue weighted by Crippen LogP contribution is 2.26. The minimum absolute atomic E-state index is 0.120. The zero-order valence-electron chi connectivity index (χ0n) is 11.1. The predicted molar refractivity (Wildman–Crippen MR) is 62.4 cm³/mol. The van der Waals surface area contributed by atoms with E-state index in [2.05, 4.69) is 5.32 Å². The van der Waals surface area contributed by atoms with Gasteiger partial charge >= 0.3 is 12.1 Å². The van der Waals surface area contributed by atoms with Crippen molar-refractivity contribution in [1.82, 2.24) is 10.2 Å². The number of hydrogen-bond donors (Lipinski definition) is 2. The average Bonchev–Trinajstić information content (AvgIpc) is 2.12. The molecule has 2 unspecified atom stereocenters. The van der Waals surface area contributed by atoms with E-state index in [1.54, 1.807) is 0 Å². The quantitative estimate of drug-likeness (QED) is 0.734. The molecule has 0 aliphatic carbocycles. The molecule has 0 bridgehead atoms. The Hall–Kier alpha value is -0.820. The fourth-order valence-electron chi connectivity index (χ4n) is 1.52. The molecular formula is C11H21F3N2O2. The van der Waals surface area contributed by atoms with Gasteiger partial charge in [0.1, 0.15) is 0 Å².